The molecule has 1 aromatic heterocycles. The van der Waals surface area contributed by atoms with Crippen LogP contribution in [-0.2, 0) is 4.79 Å². The largest absolute Gasteiger partial charge is 1.00 e. The molecule has 2 aromatic carbocycles. The van der Waals surface area contributed by atoms with Gasteiger partial charge in [0.1, 0.15) is 0 Å². The van der Waals surface area contributed by atoms with E-state index in [2.05, 4.69) is 36.7 Å². The Kier molecular flexibility index (Phi) is 8.34. The van der Waals surface area contributed by atoms with Crippen molar-refractivity contribution >= 4 is 33.6 Å². The maximum absolute atomic E-state index is 12.3. The molecule has 0 spiro atoms. The van der Waals surface area contributed by atoms with Crippen molar-refractivity contribution in [3.05, 3.63) is 64.5 Å². The van der Waals surface area contributed by atoms with Crippen molar-refractivity contribution in [3.8, 4) is 11.4 Å². The maximum atomic E-state index is 12.3. The number of aromatic nitrogens is 2. The number of carbonyl (C=O) groups is 2. The maximum Gasteiger partial charge on any atom is 1.00 e. The summed E-state index contributed by atoms with van der Waals surface area (Å²) in [6.07, 6.45) is 0. The number of carboxylic acids is 1. The number of hydrogen-bond acceptors (Lipinski definition) is 6. The molecule has 3 aromatic rings. The number of benzene rings is 2. The Morgan fingerprint density at radius 1 is 1.18 bits per heavy atom. The van der Waals surface area contributed by atoms with E-state index in [9.17, 15) is 14.7 Å². The number of hydrogen-bond donors (Lipinski definition) is 2. The molecule has 28 heavy (non-hydrogen) atoms. The van der Waals surface area contributed by atoms with Crippen LogP contribution in [0.5, 0.6) is 0 Å². The van der Waals surface area contributed by atoms with Crippen molar-refractivity contribution in [2.75, 3.05) is 5.32 Å². The summed E-state index contributed by atoms with van der Waals surface area (Å²) in [5, 5.41) is 20.3. The van der Waals surface area contributed by atoms with Gasteiger partial charge >= 0.3 is 57.4 Å². The van der Waals surface area contributed by atoms with Crippen LogP contribution in [0.3, 0.4) is 0 Å². The zero-order valence-corrected chi connectivity index (χ0v) is 19.8. The molecule has 0 bridgehead atoms. The van der Waals surface area contributed by atoms with Crippen molar-refractivity contribution < 1.29 is 70.6 Å². The fourth-order valence-corrected chi connectivity index (χ4v) is 2.94. The summed E-state index contributed by atoms with van der Waals surface area (Å²) in [6.45, 7) is 1.67. The average molecular weight is 469 g/mol. The number of nitrogens with one attached hydrogen (secondary N) is 2. The number of aliphatic carboxylic acids is 1. The second-order valence-corrected chi connectivity index (χ2v) is 6.44. The standard InChI is InChI=1S/C18H15BrN4O4.K/c1-10-20-16(23-27-10)11-5-4-6-12(9-11)21-18(26)22-15(17(24)25)13-7-2-3-8-14(13)19;/h2-9,15H,1H3,(H,24,25)(H2,21,22,26);/q;+1/p-1. The predicted octanol–water partition coefficient (Wildman–Crippen LogP) is -0.576. The van der Waals surface area contributed by atoms with Gasteiger partial charge in [0.2, 0.25) is 11.7 Å². The number of anilines is 1. The van der Waals surface area contributed by atoms with Gasteiger partial charge in [-0.15, -0.1) is 0 Å². The van der Waals surface area contributed by atoms with E-state index < -0.39 is 18.0 Å². The van der Waals surface area contributed by atoms with Gasteiger partial charge in [-0.1, -0.05) is 51.4 Å². The molecule has 2 N–H and O–H groups in total. The summed E-state index contributed by atoms with van der Waals surface area (Å²) in [7, 11) is 0. The Morgan fingerprint density at radius 2 is 1.93 bits per heavy atom. The SMILES string of the molecule is Cc1nc(-c2cccc(NC(=O)NC(C(=O)[O-])c3ccccc3Br)c2)no1.[K+]. The van der Waals surface area contributed by atoms with Gasteiger partial charge in [-0.3, -0.25) is 0 Å². The van der Waals surface area contributed by atoms with Gasteiger partial charge in [0.25, 0.3) is 0 Å². The molecule has 0 aliphatic rings. The first-order chi connectivity index (χ1) is 12.9. The molecule has 1 heterocycles. The Bertz CT molecular complexity index is 995. The number of amides is 2. The van der Waals surface area contributed by atoms with E-state index in [1.807, 2.05) is 0 Å². The van der Waals surface area contributed by atoms with Crippen molar-refractivity contribution in [1.29, 1.82) is 0 Å². The summed E-state index contributed by atoms with van der Waals surface area (Å²) < 4.78 is 5.49. The Morgan fingerprint density at radius 3 is 2.57 bits per heavy atom. The van der Waals surface area contributed by atoms with Crippen LogP contribution >= 0.6 is 15.9 Å². The monoisotopic (exact) mass is 468 g/mol. The van der Waals surface area contributed by atoms with Gasteiger partial charge < -0.3 is 25.1 Å². The van der Waals surface area contributed by atoms with E-state index in [-0.39, 0.29) is 51.4 Å². The quantitative estimate of drug-likeness (QED) is 0.483. The van der Waals surface area contributed by atoms with E-state index in [1.165, 1.54) is 0 Å². The summed E-state index contributed by atoms with van der Waals surface area (Å²) >= 11 is 3.27. The number of nitrogens with zero attached hydrogens (tertiary/aromatic N) is 2. The number of rotatable bonds is 5. The van der Waals surface area contributed by atoms with Crippen LogP contribution in [0, 0.1) is 6.92 Å². The molecule has 0 aliphatic heterocycles. The van der Waals surface area contributed by atoms with Crippen molar-refractivity contribution in [3.63, 3.8) is 0 Å². The minimum absolute atomic E-state index is 0. The minimum Gasteiger partial charge on any atom is -0.548 e. The number of carboxylic acid groups (broad SMARTS) is 1. The normalized spacial score (nSPS) is 11.2. The molecule has 2 amide bonds. The van der Waals surface area contributed by atoms with E-state index in [0.29, 0.717) is 33.0 Å². The molecule has 138 valence electrons. The molecule has 1 unspecified atom stereocenters. The summed E-state index contributed by atoms with van der Waals surface area (Å²) in [6, 6.07) is 11.4. The van der Waals surface area contributed by atoms with E-state index in [4.69, 9.17) is 4.52 Å². The van der Waals surface area contributed by atoms with Gasteiger partial charge in [0, 0.05) is 22.6 Å². The molecule has 0 aliphatic carbocycles. The van der Waals surface area contributed by atoms with Gasteiger partial charge in [0.05, 0.1) is 12.0 Å². The predicted molar refractivity (Wildman–Crippen MR) is 98.5 cm³/mol. The Labute approximate surface area is 211 Å². The van der Waals surface area contributed by atoms with E-state index >= 15 is 0 Å². The Balaban J connectivity index is 0.00000280. The minimum atomic E-state index is -1.42. The van der Waals surface area contributed by atoms with E-state index in [0.717, 1.165) is 0 Å². The van der Waals surface area contributed by atoms with Gasteiger partial charge in [-0.2, -0.15) is 4.98 Å². The molecule has 0 radical (unpaired) electrons. The third-order valence-electron chi connectivity index (χ3n) is 3.63. The van der Waals surface area contributed by atoms with Crippen LogP contribution in [0.4, 0.5) is 10.5 Å². The smallest absolute Gasteiger partial charge is 0.548 e. The number of urea groups is 1. The first-order valence-corrected chi connectivity index (χ1v) is 8.67. The second-order valence-electron chi connectivity index (χ2n) is 5.59. The summed E-state index contributed by atoms with van der Waals surface area (Å²) in [5.74, 6) is -0.614. The van der Waals surface area contributed by atoms with Crippen molar-refractivity contribution in [2.45, 2.75) is 13.0 Å². The van der Waals surface area contributed by atoms with Crippen molar-refractivity contribution in [2.24, 2.45) is 0 Å². The molecular formula is C18H14BrKN4O4. The van der Waals surface area contributed by atoms with E-state index in [1.54, 1.807) is 55.5 Å². The van der Waals surface area contributed by atoms with Gasteiger partial charge in [-0.05, 0) is 23.8 Å². The number of aryl methyl sites for hydroxylation is 1. The van der Waals surface area contributed by atoms with Gasteiger partial charge in [-0.25, -0.2) is 4.79 Å². The molecule has 0 saturated heterocycles. The van der Waals surface area contributed by atoms with Crippen LogP contribution < -0.4 is 67.1 Å². The first kappa shape index (κ1) is 22.7. The number of halogens is 1. The third kappa shape index (κ3) is 5.72. The van der Waals surface area contributed by atoms with Crippen LogP contribution in [-0.4, -0.2) is 22.1 Å². The zero-order chi connectivity index (χ0) is 19.4. The first-order valence-electron chi connectivity index (χ1n) is 7.87. The zero-order valence-electron chi connectivity index (χ0n) is 15.1. The van der Waals surface area contributed by atoms with Crippen LogP contribution in [0.1, 0.15) is 17.5 Å². The average Bonchev–Trinajstić information content (AvgIpc) is 3.07. The molecular weight excluding hydrogens is 455 g/mol. The molecule has 1 atom stereocenters. The molecule has 8 nitrogen and oxygen atoms in total. The van der Waals surface area contributed by atoms with Crippen LogP contribution in [0.25, 0.3) is 11.4 Å². The number of carbonyl (C=O) groups excluding carboxylic acids is 2. The van der Waals surface area contributed by atoms with Crippen LogP contribution in [0.15, 0.2) is 57.5 Å². The molecule has 0 saturated carbocycles. The summed E-state index contributed by atoms with van der Waals surface area (Å²) in [5.41, 5.74) is 1.47. The topological polar surface area (TPSA) is 120 Å². The fraction of sp³-hybridized carbons (Fsp3) is 0.111. The van der Waals surface area contributed by atoms with Crippen LogP contribution in [0.2, 0.25) is 0 Å². The second kappa shape index (κ2) is 10.3. The van der Waals surface area contributed by atoms with Crippen molar-refractivity contribution in [1.82, 2.24) is 15.5 Å². The third-order valence-corrected chi connectivity index (χ3v) is 4.36. The fourth-order valence-electron chi connectivity index (χ4n) is 2.42. The molecule has 10 heteroatoms. The summed E-state index contributed by atoms with van der Waals surface area (Å²) in [4.78, 5) is 27.9. The van der Waals surface area contributed by atoms with Gasteiger partial charge in [0.15, 0.2) is 0 Å². The Hall–Kier alpha value is -1.56. The molecule has 0 fully saturated rings. The molecule has 3 rings (SSSR count).